The van der Waals surface area contributed by atoms with E-state index in [0.717, 1.165) is 5.56 Å². The molecule has 8 nitrogen and oxygen atoms in total. The van der Waals surface area contributed by atoms with E-state index >= 15 is 0 Å². The molecular weight excluding hydrogens is 465 g/mol. The Labute approximate surface area is 202 Å². The van der Waals surface area contributed by atoms with Crippen LogP contribution in [0.5, 0.6) is 5.75 Å². The monoisotopic (exact) mass is 491 g/mol. The molecule has 0 atom stereocenters. The topological polar surface area (TPSA) is 79.4 Å². The Morgan fingerprint density at radius 1 is 1.15 bits per heavy atom. The largest absolute Gasteiger partial charge is 0.491 e. The summed E-state index contributed by atoms with van der Waals surface area (Å²) in [6.45, 7) is 1.79. The minimum atomic E-state index is -0.632. The first kappa shape index (κ1) is 25.3. The molecule has 0 radical (unpaired) electrons. The van der Waals surface area contributed by atoms with E-state index in [1.165, 1.54) is 18.0 Å². The van der Waals surface area contributed by atoms with Gasteiger partial charge in [0.1, 0.15) is 25.6 Å². The van der Waals surface area contributed by atoms with Crippen molar-refractivity contribution in [3.05, 3.63) is 58.6 Å². The molecule has 3 amide bonds. The molecule has 1 heterocycles. The normalized spacial score (nSPS) is 13.1. The zero-order chi connectivity index (χ0) is 24.7. The Bertz CT molecular complexity index is 1050. The summed E-state index contributed by atoms with van der Waals surface area (Å²) in [7, 11) is 1.53. The van der Waals surface area contributed by atoms with Crippen LogP contribution in [0.1, 0.15) is 22.8 Å². The number of anilines is 1. The molecule has 0 fully saturated rings. The number of rotatable bonds is 7. The van der Waals surface area contributed by atoms with Crippen molar-refractivity contribution in [1.29, 1.82) is 0 Å². The number of alkyl halides is 1. The van der Waals surface area contributed by atoms with Gasteiger partial charge in [-0.15, -0.1) is 0 Å². The Morgan fingerprint density at radius 3 is 2.62 bits per heavy atom. The number of nitrogens with zero attached hydrogens (tertiary/aromatic N) is 3. The first-order valence-corrected chi connectivity index (χ1v) is 11.3. The van der Waals surface area contributed by atoms with Crippen LogP contribution in [0.25, 0.3) is 0 Å². The van der Waals surface area contributed by atoms with Gasteiger partial charge in [0.2, 0.25) is 0 Å². The number of para-hydroxylation sites is 1. The van der Waals surface area contributed by atoms with Crippen LogP contribution in [0.2, 0.25) is 5.02 Å². The molecule has 0 spiro atoms. The van der Waals surface area contributed by atoms with Gasteiger partial charge in [0.15, 0.2) is 0 Å². The van der Waals surface area contributed by atoms with Crippen molar-refractivity contribution in [3.8, 4) is 5.75 Å². The van der Waals surface area contributed by atoms with E-state index in [1.54, 1.807) is 28.9 Å². The fourth-order valence-corrected chi connectivity index (χ4v) is 3.93. The van der Waals surface area contributed by atoms with Gasteiger partial charge in [-0.1, -0.05) is 29.8 Å². The van der Waals surface area contributed by atoms with Gasteiger partial charge >= 0.3 is 12.0 Å². The van der Waals surface area contributed by atoms with Gasteiger partial charge in [-0.05, 0) is 36.8 Å². The fraction of sp³-hybridized carbons (Fsp3) is 0.375. The number of benzene rings is 2. The van der Waals surface area contributed by atoms with Crippen LogP contribution in [-0.4, -0.2) is 74.3 Å². The Morgan fingerprint density at radius 2 is 1.91 bits per heavy atom. The first-order chi connectivity index (χ1) is 16.3. The minimum absolute atomic E-state index is 0.0996. The van der Waals surface area contributed by atoms with E-state index < -0.39 is 12.6 Å². The number of esters is 1. The highest BCUT2D eigenvalue weighted by molar-refractivity contribution is 6.34. The van der Waals surface area contributed by atoms with Crippen LogP contribution in [0.3, 0.4) is 0 Å². The molecule has 0 saturated carbocycles. The number of hydrogen-bond donors (Lipinski definition) is 0. The van der Waals surface area contributed by atoms with E-state index in [4.69, 9.17) is 21.1 Å². The lowest BCUT2D eigenvalue weighted by Crippen LogP contribution is -2.45. The third kappa shape index (κ3) is 5.96. The highest BCUT2D eigenvalue weighted by Crippen LogP contribution is 2.30. The molecule has 2 aromatic carbocycles. The lowest BCUT2D eigenvalue weighted by molar-refractivity contribution is -0.143. The van der Waals surface area contributed by atoms with Crippen molar-refractivity contribution in [2.45, 2.75) is 13.5 Å². The standard InChI is InChI=1S/C24H27ClFN3O5/c1-3-33-22(30)16-27(2)24(32)28-11-12-29(21-7-5-4-6-17(21)15-28)23(31)19-9-8-18(14-20(19)25)34-13-10-26/h4-9,14H,3,10-13,15-16H2,1-2H3. The van der Waals surface area contributed by atoms with E-state index in [9.17, 15) is 18.8 Å². The molecule has 1 aliphatic rings. The van der Waals surface area contributed by atoms with E-state index in [1.807, 2.05) is 24.3 Å². The SMILES string of the molecule is CCOC(=O)CN(C)C(=O)N1CCN(C(=O)c2ccc(OCCF)cc2Cl)c2ccccc2C1. The molecule has 0 unspecified atom stereocenters. The second kappa shape index (κ2) is 11.7. The fourth-order valence-electron chi connectivity index (χ4n) is 3.68. The lowest BCUT2D eigenvalue weighted by atomic mass is 10.1. The third-order valence-electron chi connectivity index (χ3n) is 5.27. The molecule has 10 heteroatoms. The smallest absolute Gasteiger partial charge is 0.325 e. The highest BCUT2D eigenvalue weighted by atomic mass is 35.5. The number of urea groups is 1. The molecule has 182 valence electrons. The number of amides is 3. The zero-order valence-electron chi connectivity index (χ0n) is 19.1. The van der Waals surface area contributed by atoms with Gasteiger partial charge < -0.3 is 24.2 Å². The van der Waals surface area contributed by atoms with Gasteiger partial charge in [0.25, 0.3) is 5.91 Å². The Balaban J connectivity index is 1.82. The van der Waals surface area contributed by atoms with Gasteiger partial charge in [0.05, 0.1) is 17.2 Å². The van der Waals surface area contributed by atoms with E-state index in [2.05, 4.69) is 0 Å². The van der Waals surface area contributed by atoms with Gasteiger partial charge in [-0.2, -0.15) is 0 Å². The predicted octanol–water partition coefficient (Wildman–Crippen LogP) is 3.77. The summed E-state index contributed by atoms with van der Waals surface area (Å²) >= 11 is 6.35. The second-order valence-corrected chi connectivity index (χ2v) is 8.04. The van der Waals surface area contributed by atoms with Crippen LogP contribution in [0.15, 0.2) is 42.5 Å². The Hall–Kier alpha value is -3.33. The van der Waals surface area contributed by atoms with E-state index in [0.29, 0.717) is 11.4 Å². The van der Waals surface area contributed by atoms with Gasteiger partial charge in [-0.25, -0.2) is 9.18 Å². The molecular formula is C24H27ClFN3O5. The summed E-state index contributed by atoms with van der Waals surface area (Å²) in [4.78, 5) is 42.7. The number of ether oxygens (including phenoxy) is 2. The highest BCUT2D eigenvalue weighted by Gasteiger charge is 2.29. The molecule has 3 rings (SSSR count). The average Bonchev–Trinajstić information content (AvgIpc) is 3.01. The summed E-state index contributed by atoms with van der Waals surface area (Å²) in [5.41, 5.74) is 1.72. The van der Waals surface area contributed by atoms with Crippen molar-refractivity contribution in [1.82, 2.24) is 9.80 Å². The molecule has 0 N–H and O–H groups in total. The molecule has 0 bridgehead atoms. The molecule has 0 aliphatic carbocycles. The third-order valence-corrected chi connectivity index (χ3v) is 5.58. The van der Waals surface area contributed by atoms with Crippen molar-refractivity contribution in [2.24, 2.45) is 0 Å². The first-order valence-electron chi connectivity index (χ1n) is 10.9. The number of likely N-dealkylation sites (N-methyl/N-ethyl adjacent to an activating group) is 1. The number of hydrogen-bond acceptors (Lipinski definition) is 5. The molecule has 0 saturated heterocycles. The summed E-state index contributed by atoms with van der Waals surface area (Å²) in [6.07, 6.45) is 0. The van der Waals surface area contributed by atoms with Crippen molar-refractivity contribution < 1.29 is 28.2 Å². The summed E-state index contributed by atoms with van der Waals surface area (Å²) < 4.78 is 22.5. The molecule has 0 aromatic heterocycles. The quantitative estimate of drug-likeness (QED) is 0.551. The van der Waals surface area contributed by atoms with Crippen LogP contribution in [0, 0.1) is 0 Å². The summed E-state index contributed by atoms with van der Waals surface area (Å²) in [6, 6.07) is 11.6. The second-order valence-electron chi connectivity index (χ2n) is 7.63. The van der Waals surface area contributed by atoms with Crippen LogP contribution >= 0.6 is 11.6 Å². The minimum Gasteiger partial charge on any atom is -0.491 e. The number of halogens is 2. The summed E-state index contributed by atoms with van der Waals surface area (Å²) in [5.74, 6) is -0.445. The number of carbonyl (C=O) groups is 3. The molecule has 34 heavy (non-hydrogen) atoms. The summed E-state index contributed by atoms with van der Waals surface area (Å²) in [5, 5.41) is 0.185. The van der Waals surface area contributed by atoms with Crippen LogP contribution < -0.4 is 9.64 Å². The Kier molecular flexibility index (Phi) is 8.70. The maximum atomic E-state index is 13.5. The van der Waals surface area contributed by atoms with Crippen molar-refractivity contribution in [2.75, 3.05) is 51.5 Å². The van der Waals surface area contributed by atoms with E-state index in [-0.39, 0.29) is 61.9 Å². The molecule has 2 aromatic rings. The van der Waals surface area contributed by atoms with Gasteiger partial charge in [0, 0.05) is 32.4 Å². The lowest BCUT2D eigenvalue weighted by Gasteiger charge is -2.27. The average molecular weight is 492 g/mol. The predicted molar refractivity (Wildman–Crippen MR) is 126 cm³/mol. The maximum absolute atomic E-state index is 13.5. The molecule has 1 aliphatic heterocycles. The van der Waals surface area contributed by atoms with Crippen LogP contribution in [0.4, 0.5) is 14.9 Å². The zero-order valence-corrected chi connectivity index (χ0v) is 19.9. The maximum Gasteiger partial charge on any atom is 0.325 e. The number of carbonyl (C=O) groups excluding carboxylic acids is 3. The van der Waals surface area contributed by atoms with Crippen LogP contribution in [-0.2, 0) is 16.1 Å². The van der Waals surface area contributed by atoms with Crippen molar-refractivity contribution >= 4 is 35.2 Å². The number of fused-ring (bicyclic) bond motifs is 1. The van der Waals surface area contributed by atoms with Gasteiger partial charge in [-0.3, -0.25) is 9.59 Å². The van der Waals surface area contributed by atoms with Crippen molar-refractivity contribution in [3.63, 3.8) is 0 Å².